The third-order valence-electron chi connectivity index (χ3n) is 4.12. The molecule has 0 spiro atoms. The minimum Gasteiger partial charge on any atom is -0.360 e. The fraction of sp³-hybridized carbons (Fsp3) is 0.500. The van der Waals surface area contributed by atoms with Crippen LogP contribution in [0.1, 0.15) is 27.7 Å². The SMILES string of the molecule is CC1C=CC=CC1(C)OC1(C)C=CC=CC1C. The van der Waals surface area contributed by atoms with Gasteiger partial charge in [-0.25, -0.2) is 0 Å². The Morgan fingerprint density at radius 2 is 1.18 bits per heavy atom. The van der Waals surface area contributed by atoms with Crippen molar-refractivity contribution in [1.29, 1.82) is 0 Å². The van der Waals surface area contributed by atoms with Crippen LogP contribution in [0.15, 0.2) is 48.6 Å². The molecule has 92 valence electrons. The quantitative estimate of drug-likeness (QED) is 0.695. The molecule has 0 radical (unpaired) electrons. The fourth-order valence-electron chi connectivity index (χ4n) is 2.37. The lowest BCUT2D eigenvalue weighted by molar-refractivity contribution is -0.122. The van der Waals surface area contributed by atoms with Crippen LogP contribution in [0.4, 0.5) is 0 Å². The number of ether oxygens (including phenoxy) is 1. The van der Waals surface area contributed by atoms with Crippen molar-refractivity contribution < 1.29 is 4.74 Å². The van der Waals surface area contributed by atoms with E-state index in [-0.39, 0.29) is 11.2 Å². The fourth-order valence-corrected chi connectivity index (χ4v) is 2.37. The molecule has 1 heteroatoms. The summed E-state index contributed by atoms with van der Waals surface area (Å²) in [5.41, 5.74) is -0.430. The first-order valence-corrected chi connectivity index (χ1v) is 6.38. The molecule has 4 atom stereocenters. The van der Waals surface area contributed by atoms with Gasteiger partial charge in [0.1, 0.15) is 0 Å². The number of allylic oxidation sites excluding steroid dienone is 4. The lowest BCUT2D eigenvalue weighted by Gasteiger charge is -2.44. The lowest BCUT2D eigenvalue weighted by Crippen LogP contribution is -2.46. The van der Waals surface area contributed by atoms with Crippen molar-refractivity contribution in [3.05, 3.63) is 48.6 Å². The van der Waals surface area contributed by atoms with Gasteiger partial charge in [0.25, 0.3) is 0 Å². The standard InChI is InChI=1S/C16H22O/c1-13-9-5-7-11-15(13,3)17-16(4)12-8-6-10-14(16)2/h5-14H,1-4H3. The molecule has 0 aromatic carbocycles. The Bertz CT molecular complexity index is 364. The molecule has 0 heterocycles. The van der Waals surface area contributed by atoms with Gasteiger partial charge in [-0.15, -0.1) is 0 Å². The second-order valence-electron chi connectivity index (χ2n) is 5.54. The number of rotatable bonds is 2. The van der Waals surface area contributed by atoms with Crippen LogP contribution in [0.5, 0.6) is 0 Å². The molecule has 17 heavy (non-hydrogen) atoms. The third kappa shape index (κ3) is 2.30. The van der Waals surface area contributed by atoms with E-state index in [0.717, 1.165) is 0 Å². The summed E-state index contributed by atoms with van der Waals surface area (Å²) >= 11 is 0. The maximum absolute atomic E-state index is 6.46. The van der Waals surface area contributed by atoms with E-state index in [0.29, 0.717) is 11.8 Å². The highest BCUT2D eigenvalue weighted by molar-refractivity contribution is 5.24. The molecule has 4 unspecified atom stereocenters. The molecule has 1 nitrogen and oxygen atoms in total. The van der Waals surface area contributed by atoms with Crippen molar-refractivity contribution >= 4 is 0 Å². The van der Waals surface area contributed by atoms with Crippen LogP contribution >= 0.6 is 0 Å². The summed E-state index contributed by atoms with van der Waals surface area (Å²) in [7, 11) is 0. The van der Waals surface area contributed by atoms with Crippen LogP contribution in [-0.4, -0.2) is 11.2 Å². The van der Waals surface area contributed by atoms with Crippen molar-refractivity contribution in [2.45, 2.75) is 38.9 Å². The van der Waals surface area contributed by atoms with E-state index in [9.17, 15) is 0 Å². The topological polar surface area (TPSA) is 9.23 Å². The monoisotopic (exact) mass is 230 g/mol. The molecular formula is C16H22O. The Kier molecular flexibility index (Phi) is 3.13. The van der Waals surface area contributed by atoms with Crippen molar-refractivity contribution in [3.63, 3.8) is 0 Å². The summed E-state index contributed by atoms with van der Waals surface area (Å²) in [5.74, 6) is 0.798. The molecule has 0 amide bonds. The van der Waals surface area contributed by atoms with Gasteiger partial charge in [-0.2, -0.15) is 0 Å². The Balaban J connectivity index is 2.20. The molecule has 0 saturated carbocycles. The Labute approximate surface area is 105 Å². The van der Waals surface area contributed by atoms with Crippen LogP contribution in [-0.2, 0) is 4.74 Å². The maximum Gasteiger partial charge on any atom is 0.0909 e. The predicted molar refractivity (Wildman–Crippen MR) is 72.8 cm³/mol. The average Bonchev–Trinajstić information content (AvgIpc) is 2.27. The van der Waals surface area contributed by atoms with Gasteiger partial charge in [0.15, 0.2) is 0 Å². The van der Waals surface area contributed by atoms with Gasteiger partial charge in [-0.05, 0) is 13.8 Å². The molecule has 0 bridgehead atoms. The molecule has 0 fully saturated rings. The van der Waals surface area contributed by atoms with Crippen molar-refractivity contribution in [3.8, 4) is 0 Å². The van der Waals surface area contributed by atoms with Gasteiger partial charge >= 0.3 is 0 Å². The van der Waals surface area contributed by atoms with E-state index in [1.165, 1.54) is 0 Å². The molecule has 0 N–H and O–H groups in total. The Morgan fingerprint density at radius 1 is 0.765 bits per heavy atom. The van der Waals surface area contributed by atoms with Crippen LogP contribution in [0, 0.1) is 11.8 Å². The minimum atomic E-state index is -0.215. The first-order chi connectivity index (χ1) is 7.96. The average molecular weight is 230 g/mol. The van der Waals surface area contributed by atoms with Gasteiger partial charge < -0.3 is 4.74 Å². The van der Waals surface area contributed by atoms with E-state index in [1.807, 2.05) is 0 Å². The molecule has 0 aliphatic heterocycles. The van der Waals surface area contributed by atoms with Gasteiger partial charge in [0, 0.05) is 11.8 Å². The first kappa shape index (κ1) is 12.4. The zero-order chi connectivity index (χ0) is 12.5. The first-order valence-electron chi connectivity index (χ1n) is 6.38. The summed E-state index contributed by atoms with van der Waals surface area (Å²) in [6.07, 6.45) is 17.1. The summed E-state index contributed by atoms with van der Waals surface area (Å²) in [4.78, 5) is 0. The normalized spacial score (nSPS) is 44.2. The molecular weight excluding hydrogens is 208 g/mol. The van der Waals surface area contributed by atoms with Crippen LogP contribution in [0.3, 0.4) is 0 Å². The smallest absolute Gasteiger partial charge is 0.0909 e. The van der Waals surface area contributed by atoms with Gasteiger partial charge in [-0.3, -0.25) is 0 Å². The highest BCUT2D eigenvalue weighted by Crippen LogP contribution is 2.37. The van der Waals surface area contributed by atoms with E-state index in [1.54, 1.807) is 0 Å². The highest BCUT2D eigenvalue weighted by Gasteiger charge is 2.39. The Hall–Kier alpha value is -1.08. The summed E-state index contributed by atoms with van der Waals surface area (Å²) in [6, 6.07) is 0. The zero-order valence-corrected chi connectivity index (χ0v) is 11.2. The van der Waals surface area contributed by atoms with Gasteiger partial charge in [0.05, 0.1) is 11.2 Å². The van der Waals surface area contributed by atoms with E-state index in [4.69, 9.17) is 4.74 Å². The van der Waals surface area contributed by atoms with Crippen molar-refractivity contribution in [2.75, 3.05) is 0 Å². The van der Waals surface area contributed by atoms with Crippen LogP contribution in [0.2, 0.25) is 0 Å². The molecule has 0 saturated heterocycles. The van der Waals surface area contributed by atoms with Gasteiger partial charge in [-0.1, -0.05) is 62.5 Å². The molecule has 2 rings (SSSR count). The number of hydrogen-bond acceptors (Lipinski definition) is 1. The zero-order valence-electron chi connectivity index (χ0n) is 11.2. The Morgan fingerprint density at radius 3 is 1.53 bits per heavy atom. The van der Waals surface area contributed by atoms with E-state index < -0.39 is 0 Å². The maximum atomic E-state index is 6.46. The van der Waals surface area contributed by atoms with E-state index >= 15 is 0 Å². The summed E-state index contributed by atoms with van der Waals surface area (Å²) < 4.78 is 6.46. The van der Waals surface area contributed by atoms with Crippen LogP contribution in [0.25, 0.3) is 0 Å². The summed E-state index contributed by atoms with van der Waals surface area (Å²) in [6.45, 7) is 8.75. The molecule has 0 aromatic rings. The summed E-state index contributed by atoms with van der Waals surface area (Å²) in [5, 5.41) is 0. The minimum absolute atomic E-state index is 0.215. The second-order valence-corrected chi connectivity index (χ2v) is 5.54. The lowest BCUT2D eigenvalue weighted by atomic mass is 9.82. The third-order valence-corrected chi connectivity index (χ3v) is 4.12. The van der Waals surface area contributed by atoms with Crippen molar-refractivity contribution in [2.24, 2.45) is 11.8 Å². The van der Waals surface area contributed by atoms with Crippen LogP contribution < -0.4 is 0 Å². The predicted octanol–water partition coefficient (Wildman–Crippen LogP) is 4.04. The van der Waals surface area contributed by atoms with Gasteiger partial charge in [0.2, 0.25) is 0 Å². The second kappa shape index (κ2) is 4.30. The van der Waals surface area contributed by atoms with E-state index in [2.05, 4.69) is 76.3 Å². The highest BCUT2D eigenvalue weighted by atomic mass is 16.5. The largest absolute Gasteiger partial charge is 0.360 e. The molecule has 2 aliphatic carbocycles. The number of hydrogen-bond donors (Lipinski definition) is 0. The molecule has 0 aromatic heterocycles. The molecule has 2 aliphatic rings. The van der Waals surface area contributed by atoms with Crippen molar-refractivity contribution in [1.82, 2.24) is 0 Å².